The molecule has 60 valence electrons. The van der Waals surface area contributed by atoms with Crippen molar-refractivity contribution in [1.29, 1.82) is 0 Å². The molecule has 0 radical (unpaired) electrons. The first-order chi connectivity index (χ1) is 4.81. The Morgan fingerprint density at radius 1 is 1.40 bits per heavy atom. The van der Waals surface area contributed by atoms with Gasteiger partial charge in [0, 0.05) is 6.42 Å². The minimum absolute atomic E-state index is 0.170. The van der Waals surface area contributed by atoms with E-state index in [0.717, 1.165) is 12.8 Å². The van der Waals surface area contributed by atoms with Gasteiger partial charge in [-0.3, -0.25) is 4.79 Å². The monoisotopic (exact) mass is 208 g/mol. The fourth-order valence-electron chi connectivity index (χ4n) is 0.735. The maximum absolute atomic E-state index is 10.5. The van der Waals surface area contributed by atoms with Crippen LogP contribution in [-0.2, 0) is 8.62 Å². The lowest BCUT2D eigenvalue weighted by Crippen LogP contribution is -1.95. The Labute approximate surface area is 70.4 Å². The van der Waals surface area contributed by atoms with E-state index in [4.69, 9.17) is 0 Å². The summed E-state index contributed by atoms with van der Waals surface area (Å²) in [5, 5.41) is 0. The van der Waals surface area contributed by atoms with E-state index in [1.54, 1.807) is 0 Å². The highest BCUT2D eigenvalue weighted by Gasteiger charge is 1.98. The van der Waals surface area contributed by atoms with Gasteiger partial charge in [-0.15, -0.1) is 0 Å². The summed E-state index contributed by atoms with van der Waals surface area (Å²) in [7, 11) is 0. The Morgan fingerprint density at radius 3 is 2.60 bits per heavy atom. The summed E-state index contributed by atoms with van der Waals surface area (Å²) in [5.74, 6) is -0.170. The maximum atomic E-state index is 10.5. The molecular formula is C7H13BrO2. The molecule has 0 N–H and O–H groups in total. The summed E-state index contributed by atoms with van der Waals surface area (Å²) < 4.78 is 4.30. The van der Waals surface area contributed by atoms with Crippen LogP contribution in [0.5, 0.6) is 0 Å². The Hall–Kier alpha value is -0.0500. The second-order valence-electron chi connectivity index (χ2n) is 2.26. The first-order valence-corrected chi connectivity index (χ1v) is 4.27. The van der Waals surface area contributed by atoms with Gasteiger partial charge in [0.15, 0.2) is 16.3 Å². The number of halogens is 1. The lowest BCUT2D eigenvalue weighted by Gasteiger charge is -1.95. The third-order valence-corrected chi connectivity index (χ3v) is 1.68. The summed E-state index contributed by atoms with van der Waals surface area (Å²) in [4.78, 5) is 10.5. The normalized spacial score (nSPS) is 9.40. The van der Waals surface area contributed by atoms with Crippen LogP contribution in [0.2, 0.25) is 0 Å². The van der Waals surface area contributed by atoms with E-state index in [-0.39, 0.29) is 5.97 Å². The minimum Gasteiger partial charge on any atom is -0.384 e. The molecule has 0 aromatic heterocycles. The Balaban J connectivity index is 2.96. The first-order valence-electron chi connectivity index (χ1n) is 3.62. The van der Waals surface area contributed by atoms with Gasteiger partial charge in [-0.25, -0.2) is 0 Å². The van der Waals surface area contributed by atoms with Crippen molar-refractivity contribution in [3.63, 3.8) is 0 Å². The fourth-order valence-corrected chi connectivity index (χ4v) is 0.897. The summed E-state index contributed by atoms with van der Waals surface area (Å²) in [6.07, 6.45) is 5.00. The molecule has 0 unspecified atom stereocenters. The van der Waals surface area contributed by atoms with Gasteiger partial charge in [-0.2, -0.15) is 0 Å². The number of unbranched alkanes of at least 4 members (excludes halogenated alkanes) is 3. The molecule has 0 aromatic carbocycles. The van der Waals surface area contributed by atoms with Gasteiger partial charge >= 0.3 is 5.97 Å². The van der Waals surface area contributed by atoms with Gasteiger partial charge in [0.25, 0.3) is 0 Å². The molecule has 0 bridgehead atoms. The average molecular weight is 209 g/mol. The highest BCUT2D eigenvalue weighted by atomic mass is 79.9. The molecule has 3 heteroatoms. The Morgan fingerprint density at radius 2 is 2.10 bits per heavy atom. The van der Waals surface area contributed by atoms with Crippen LogP contribution in [0.1, 0.15) is 39.0 Å². The van der Waals surface area contributed by atoms with Gasteiger partial charge < -0.3 is 3.83 Å². The SMILES string of the molecule is CCCCCCC(=O)OBr. The van der Waals surface area contributed by atoms with Gasteiger partial charge in [-0.1, -0.05) is 26.2 Å². The van der Waals surface area contributed by atoms with Crippen LogP contribution in [0.4, 0.5) is 0 Å². The molecule has 0 spiro atoms. The van der Waals surface area contributed by atoms with Crippen LogP contribution in [0.3, 0.4) is 0 Å². The van der Waals surface area contributed by atoms with Crippen molar-refractivity contribution in [2.24, 2.45) is 0 Å². The molecule has 10 heavy (non-hydrogen) atoms. The molecule has 2 nitrogen and oxygen atoms in total. The third kappa shape index (κ3) is 6.08. The number of rotatable bonds is 5. The van der Waals surface area contributed by atoms with Crippen molar-refractivity contribution in [2.75, 3.05) is 0 Å². The zero-order valence-electron chi connectivity index (χ0n) is 6.23. The molecule has 0 atom stereocenters. The van der Waals surface area contributed by atoms with E-state index in [2.05, 4.69) is 27.0 Å². The molecule has 0 saturated heterocycles. The van der Waals surface area contributed by atoms with Crippen LogP contribution in [0, 0.1) is 0 Å². The van der Waals surface area contributed by atoms with Gasteiger partial charge in [0.1, 0.15) is 0 Å². The molecule has 0 aliphatic carbocycles. The lowest BCUT2D eigenvalue weighted by atomic mass is 10.2. The predicted octanol–water partition coefficient (Wildman–Crippen LogP) is 2.81. The molecule has 0 amide bonds. The largest absolute Gasteiger partial charge is 0.384 e. The first kappa shape index (κ1) is 9.95. The van der Waals surface area contributed by atoms with Gasteiger partial charge in [0.05, 0.1) is 0 Å². The Kier molecular flexibility index (Phi) is 7.03. The minimum atomic E-state index is -0.170. The van der Waals surface area contributed by atoms with Crippen molar-refractivity contribution in [3.8, 4) is 0 Å². The van der Waals surface area contributed by atoms with E-state index in [1.165, 1.54) is 12.8 Å². The van der Waals surface area contributed by atoms with Crippen LogP contribution in [-0.4, -0.2) is 5.97 Å². The van der Waals surface area contributed by atoms with Crippen molar-refractivity contribution in [3.05, 3.63) is 0 Å². The summed E-state index contributed by atoms with van der Waals surface area (Å²) >= 11 is 2.63. The van der Waals surface area contributed by atoms with E-state index < -0.39 is 0 Å². The lowest BCUT2D eigenvalue weighted by molar-refractivity contribution is -0.132. The van der Waals surface area contributed by atoms with Crippen molar-refractivity contribution >= 4 is 22.2 Å². The molecular weight excluding hydrogens is 196 g/mol. The van der Waals surface area contributed by atoms with Crippen LogP contribution >= 0.6 is 16.3 Å². The molecule has 0 saturated carbocycles. The topological polar surface area (TPSA) is 26.3 Å². The van der Waals surface area contributed by atoms with E-state index in [9.17, 15) is 4.79 Å². The van der Waals surface area contributed by atoms with Crippen LogP contribution in [0.15, 0.2) is 0 Å². The van der Waals surface area contributed by atoms with Crippen molar-refractivity contribution < 1.29 is 8.62 Å². The average Bonchev–Trinajstić information content (AvgIpc) is 1.98. The molecule has 0 rings (SSSR count). The maximum Gasteiger partial charge on any atom is 0.317 e. The van der Waals surface area contributed by atoms with Crippen molar-refractivity contribution in [2.45, 2.75) is 39.0 Å². The zero-order valence-corrected chi connectivity index (χ0v) is 7.82. The zero-order chi connectivity index (χ0) is 7.82. The summed E-state index contributed by atoms with van der Waals surface area (Å²) in [6, 6.07) is 0. The van der Waals surface area contributed by atoms with Crippen molar-refractivity contribution in [1.82, 2.24) is 0 Å². The highest BCUT2D eigenvalue weighted by molar-refractivity contribution is 9.06. The smallest absolute Gasteiger partial charge is 0.317 e. The van der Waals surface area contributed by atoms with E-state index in [1.807, 2.05) is 0 Å². The second-order valence-corrected chi connectivity index (χ2v) is 2.58. The summed E-state index contributed by atoms with van der Waals surface area (Å²) in [6.45, 7) is 2.14. The third-order valence-electron chi connectivity index (χ3n) is 1.32. The second kappa shape index (κ2) is 7.06. The number of carbonyl (C=O) groups excluding carboxylic acids is 1. The van der Waals surface area contributed by atoms with E-state index in [0.29, 0.717) is 6.42 Å². The van der Waals surface area contributed by atoms with Gasteiger partial charge in [0.2, 0.25) is 0 Å². The Bertz CT molecular complexity index is 93.6. The molecule has 0 aromatic rings. The highest BCUT2D eigenvalue weighted by Crippen LogP contribution is 2.04. The predicted molar refractivity (Wildman–Crippen MR) is 43.8 cm³/mol. The van der Waals surface area contributed by atoms with Crippen LogP contribution < -0.4 is 0 Å². The molecule has 0 aliphatic heterocycles. The number of hydrogen-bond acceptors (Lipinski definition) is 2. The molecule has 0 aliphatic rings. The number of carbonyl (C=O) groups is 1. The number of hydrogen-bond donors (Lipinski definition) is 0. The molecule has 0 fully saturated rings. The fraction of sp³-hybridized carbons (Fsp3) is 0.857. The van der Waals surface area contributed by atoms with Gasteiger partial charge in [-0.05, 0) is 6.42 Å². The summed E-state index contributed by atoms with van der Waals surface area (Å²) in [5.41, 5.74) is 0. The quantitative estimate of drug-likeness (QED) is 0.650. The molecule has 0 heterocycles. The van der Waals surface area contributed by atoms with Crippen LogP contribution in [0.25, 0.3) is 0 Å². The standard InChI is InChI=1S/C7H13BrO2/c1-2-3-4-5-6-7(9)10-8/h2-6H2,1H3. The van der Waals surface area contributed by atoms with E-state index >= 15 is 0 Å².